The van der Waals surface area contributed by atoms with E-state index in [1.54, 1.807) is 18.3 Å². The number of hydrogen-bond donors (Lipinski definition) is 3. The molecule has 1 atom stereocenters. The van der Waals surface area contributed by atoms with Gasteiger partial charge in [0.1, 0.15) is 5.69 Å². The molecule has 3 aromatic rings. The molecule has 1 unspecified atom stereocenters. The number of fused-ring (bicyclic) bond motifs is 1. The van der Waals surface area contributed by atoms with Gasteiger partial charge in [0.2, 0.25) is 0 Å². The first kappa shape index (κ1) is 14.1. The summed E-state index contributed by atoms with van der Waals surface area (Å²) in [6, 6.07) is 5.10. The van der Waals surface area contributed by atoms with Crippen LogP contribution in [0.5, 0.6) is 0 Å². The fraction of sp³-hybridized carbons (Fsp3) is 0.286. The van der Waals surface area contributed by atoms with E-state index in [-0.39, 0.29) is 23.2 Å². The van der Waals surface area contributed by atoms with Crippen LogP contribution in [0.25, 0.3) is 11.2 Å². The van der Waals surface area contributed by atoms with Crippen LogP contribution in [0.2, 0.25) is 0 Å². The van der Waals surface area contributed by atoms with E-state index >= 15 is 0 Å². The molecule has 0 saturated carbocycles. The smallest absolute Gasteiger partial charge is 0.325 e. The summed E-state index contributed by atoms with van der Waals surface area (Å²) in [4.78, 5) is 32.5. The van der Waals surface area contributed by atoms with Crippen LogP contribution in [0.4, 0.5) is 0 Å². The fourth-order valence-corrected chi connectivity index (χ4v) is 2.19. The van der Waals surface area contributed by atoms with Gasteiger partial charge in [-0.25, -0.2) is 9.78 Å². The van der Waals surface area contributed by atoms with Crippen LogP contribution in [-0.2, 0) is 6.54 Å². The molecule has 8 heteroatoms. The SMILES string of the molecule is CC(CNC(=O)c1ccc2[nH]c(=O)[nH]c2n1)Cn1cccn1. The van der Waals surface area contributed by atoms with Crippen molar-refractivity contribution in [3.8, 4) is 0 Å². The minimum Gasteiger partial charge on any atom is -0.350 e. The Morgan fingerprint density at radius 2 is 2.27 bits per heavy atom. The number of amides is 1. The van der Waals surface area contributed by atoms with Gasteiger partial charge in [0.05, 0.1) is 5.52 Å². The second-order valence-corrected chi connectivity index (χ2v) is 5.22. The number of pyridine rings is 1. The molecule has 8 nitrogen and oxygen atoms in total. The largest absolute Gasteiger partial charge is 0.350 e. The molecular formula is C14H16N6O2. The topological polar surface area (TPSA) is 108 Å². The normalized spacial score (nSPS) is 12.4. The molecule has 0 radical (unpaired) electrons. The predicted octanol–water partition coefficient (Wildman–Crippen LogP) is 0.514. The molecular weight excluding hydrogens is 284 g/mol. The van der Waals surface area contributed by atoms with Crippen molar-refractivity contribution in [1.29, 1.82) is 0 Å². The maximum atomic E-state index is 12.1. The van der Waals surface area contributed by atoms with Crippen LogP contribution < -0.4 is 11.0 Å². The minimum absolute atomic E-state index is 0.236. The Morgan fingerprint density at radius 1 is 1.41 bits per heavy atom. The van der Waals surface area contributed by atoms with E-state index in [9.17, 15) is 9.59 Å². The van der Waals surface area contributed by atoms with Crippen LogP contribution in [0.15, 0.2) is 35.4 Å². The van der Waals surface area contributed by atoms with E-state index in [4.69, 9.17) is 0 Å². The van der Waals surface area contributed by atoms with Crippen LogP contribution in [0, 0.1) is 5.92 Å². The first-order chi connectivity index (χ1) is 10.6. The molecule has 0 aliphatic carbocycles. The van der Waals surface area contributed by atoms with Gasteiger partial charge in [-0.3, -0.25) is 14.5 Å². The van der Waals surface area contributed by atoms with Crippen molar-refractivity contribution < 1.29 is 4.79 Å². The summed E-state index contributed by atoms with van der Waals surface area (Å²) in [5.74, 6) is -0.0316. The summed E-state index contributed by atoms with van der Waals surface area (Å²) in [6.07, 6.45) is 3.61. The van der Waals surface area contributed by atoms with Gasteiger partial charge in [-0.15, -0.1) is 0 Å². The van der Waals surface area contributed by atoms with Gasteiger partial charge in [-0.1, -0.05) is 6.92 Å². The van der Waals surface area contributed by atoms with E-state index in [1.165, 1.54) is 0 Å². The Kier molecular flexibility index (Phi) is 3.73. The monoisotopic (exact) mass is 300 g/mol. The Balaban J connectivity index is 1.61. The van der Waals surface area contributed by atoms with Crippen LogP contribution in [0.3, 0.4) is 0 Å². The Hall–Kier alpha value is -2.90. The summed E-state index contributed by atoms with van der Waals surface area (Å²) >= 11 is 0. The second kappa shape index (κ2) is 5.84. The van der Waals surface area contributed by atoms with E-state index in [0.29, 0.717) is 17.7 Å². The Morgan fingerprint density at radius 3 is 3.05 bits per heavy atom. The zero-order valence-electron chi connectivity index (χ0n) is 12.0. The second-order valence-electron chi connectivity index (χ2n) is 5.22. The van der Waals surface area contributed by atoms with Crippen molar-refractivity contribution in [2.24, 2.45) is 5.92 Å². The molecule has 3 rings (SSSR count). The standard InChI is InChI=1S/C14H16N6O2/c1-9(8-20-6-2-5-16-20)7-15-13(21)11-4-3-10-12(17-11)19-14(22)18-10/h2-6,9H,7-8H2,1H3,(H,15,21)(H2,17,18,19,22). The number of hydrogen-bond acceptors (Lipinski definition) is 4. The highest BCUT2D eigenvalue weighted by molar-refractivity contribution is 5.93. The maximum absolute atomic E-state index is 12.1. The number of aromatic nitrogens is 5. The van der Waals surface area contributed by atoms with Gasteiger partial charge < -0.3 is 10.3 Å². The molecule has 0 bridgehead atoms. The highest BCUT2D eigenvalue weighted by atomic mass is 16.2. The Labute approximate surface area is 125 Å². The average Bonchev–Trinajstić information content (AvgIpc) is 3.12. The number of carbonyl (C=O) groups excluding carboxylic acids is 1. The van der Waals surface area contributed by atoms with Crippen molar-refractivity contribution in [2.45, 2.75) is 13.5 Å². The highest BCUT2D eigenvalue weighted by Crippen LogP contribution is 2.06. The molecule has 0 spiro atoms. The summed E-state index contributed by atoms with van der Waals surface area (Å²) < 4.78 is 1.83. The van der Waals surface area contributed by atoms with Gasteiger partial charge >= 0.3 is 5.69 Å². The number of H-pyrrole nitrogens is 2. The zero-order valence-corrected chi connectivity index (χ0v) is 12.0. The molecule has 1 amide bonds. The molecule has 0 aliphatic rings. The summed E-state index contributed by atoms with van der Waals surface area (Å²) in [5, 5.41) is 6.97. The van der Waals surface area contributed by atoms with Gasteiger partial charge in [0.25, 0.3) is 5.91 Å². The van der Waals surface area contributed by atoms with Crippen LogP contribution in [0.1, 0.15) is 17.4 Å². The summed E-state index contributed by atoms with van der Waals surface area (Å²) in [5.41, 5.74) is 0.887. The van der Waals surface area contributed by atoms with Crippen molar-refractivity contribution in [3.63, 3.8) is 0 Å². The average molecular weight is 300 g/mol. The molecule has 0 aromatic carbocycles. The lowest BCUT2D eigenvalue weighted by molar-refractivity contribution is 0.0942. The van der Waals surface area contributed by atoms with Crippen molar-refractivity contribution >= 4 is 17.1 Å². The first-order valence-electron chi connectivity index (χ1n) is 6.96. The third-order valence-electron chi connectivity index (χ3n) is 3.28. The zero-order chi connectivity index (χ0) is 15.5. The van der Waals surface area contributed by atoms with Crippen LogP contribution in [-0.4, -0.2) is 37.2 Å². The minimum atomic E-state index is -0.340. The third-order valence-corrected chi connectivity index (χ3v) is 3.28. The number of carbonyl (C=O) groups is 1. The molecule has 0 aliphatic heterocycles. The van der Waals surface area contributed by atoms with Gasteiger partial charge in [0, 0.05) is 25.5 Å². The number of imidazole rings is 1. The van der Waals surface area contributed by atoms with E-state index in [0.717, 1.165) is 6.54 Å². The molecule has 114 valence electrons. The van der Waals surface area contributed by atoms with Crippen molar-refractivity contribution in [1.82, 2.24) is 30.0 Å². The quantitative estimate of drug-likeness (QED) is 0.638. The number of rotatable bonds is 5. The van der Waals surface area contributed by atoms with E-state index < -0.39 is 0 Å². The Bertz CT molecular complexity index is 833. The molecule has 3 aromatic heterocycles. The molecule has 3 heterocycles. The lowest BCUT2D eigenvalue weighted by atomic mass is 10.2. The molecule has 0 fully saturated rings. The summed E-state index contributed by atoms with van der Waals surface area (Å²) in [7, 11) is 0. The van der Waals surface area contributed by atoms with E-state index in [1.807, 2.05) is 23.9 Å². The summed E-state index contributed by atoms with van der Waals surface area (Å²) in [6.45, 7) is 3.27. The van der Waals surface area contributed by atoms with Crippen molar-refractivity contribution in [3.05, 3.63) is 46.8 Å². The van der Waals surface area contributed by atoms with Gasteiger partial charge in [0.15, 0.2) is 5.65 Å². The van der Waals surface area contributed by atoms with Gasteiger partial charge in [-0.05, 0) is 24.1 Å². The van der Waals surface area contributed by atoms with E-state index in [2.05, 4.69) is 25.4 Å². The van der Waals surface area contributed by atoms with Gasteiger partial charge in [-0.2, -0.15) is 5.10 Å². The molecule has 0 saturated heterocycles. The van der Waals surface area contributed by atoms with Crippen molar-refractivity contribution in [2.75, 3.05) is 6.54 Å². The number of nitrogens with zero attached hydrogens (tertiary/aromatic N) is 3. The maximum Gasteiger partial charge on any atom is 0.325 e. The lowest BCUT2D eigenvalue weighted by Gasteiger charge is -2.12. The molecule has 22 heavy (non-hydrogen) atoms. The lowest BCUT2D eigenvalue weighted by Crippen LogP contribution is -2.30. The fourth-order valence-electron chi connectivity index (χ4n) is 2.19. The predicted molar refractivity (Wildman–Crippen MR) is 80.4 cm³/mol. The number of aromatic amines is 2. The number of nitrogens with one attached hydrogen (secondary N) is 3. The third kappa shape index (κ3) is 3.05. The first-order valence-corrected chi connectivity index (χ1v) is 6.96. The highest BCUT2D eigenvalue weighted by Gasteiger charge is 2.11. The van der Waals surface area contributed by atoms with Crippen LogP contribution >= 0.6 is 0 Å². The molecule has 3 N–H and O–H groups in total.